The Balaban J connectivity index is 2.54. The molecule has 0 saturated heterocycles. The van der Waals surface area contributed by atoms with Crippen molar-refractivity contribution >= 4 is 5.88 Å². The lowest BCUT2D eigenvalue weighted by Gasteiger charge is -2.20. The van der Waals surface area contributed by atoms with E-state index < -0.39 is 0 Å². The molecule has 2 aromatic rings. The molecule has 3 nitrogen and oxygen atoms in total. The number of benzene rings is 1. The standard InChI is InChI=1S/C14H18N2O/c1-9-5-6-10(14(2,3)4)7-11(9)12-8-13(15)17-16-12/h5-8H,15H2,1-4H3. The molecule has 1 aromatic carbocycles. The van der Waals surface area contributed by atoms with Crippen molar-refractivity contribution in [2.45, 2.75) is 33.1 Å². The number of rotatable bonds is 1. The summed E-state index contributed by atoms with van der Waals surface area (Å²) in [6.07, 6.45) is 0. The lowest BCUT2D eigenvalue weighted by Crippen LogP contribution is -2.11. The van der Waals surface area contributed by atoms with E-state index in [0.29, 0.717) is 5.88 Å². The van der Waals surface area contributed by atoms with Gasteiger partial charge in [-0.15, -0.1) is 0 Å². The van der Waals surface area contributed by atoms with Gasteiger partial charge in [0.25, 0.3) is 0 Å². The summed E-state index contributed by atoms with van der Waals surface area (Å²) in [5.41, 5.74) is 10.0. The smallest absolute Gasteiger partial charge is 0.222 e. The number of anilines is 1. The molecule has 0 aliphatic heterocycles. The molecule has 0 spiro atoms. The van der Waals surface area contributed by atoms with Crippen LogP contribution in [0.3, 0.4) is 0 Å². The van der Waals surface area contributed by atoms with Crippen LogP contribution in [0.4, 0.5) is 5.88 Å². The Labute approximate surface area is 102 Å². The van der Waals surface area contributed by atoms with E-state index in [1.54, 1.807) is 6.07 Å². The van der Waals surface area contributed by atoms with Gasteiger partial charge in [-0.1, -0.05) is 38.1 Å². The third kappa shape index (κ3) is 2.33. The van der Waals surface area contributed by atoms with Gasteiger partial charge in [-0.25, -0.2) is 0 Å². The van der Waals surface area contributed by atoms with E-state index in [1.807, 2.05) is 0 Å². The highest BCUT2D eigenvalue weighted by atomic mass is 16.5. The second kappa shape index (κ2) is 3.91. The fourth-order valence-corrected chi connectivity index (χ4v) is 1.78. The molecule has 0 fully saturated rings. The Kier molecular flexibility index (Phi) is 2.69. The van der Waals surface area contributed by atoms with Crippen LogP contribution < -0.4 is 5.73 Å². The Hall–Kier alpha value is -1.77. The Morgan fingerprint density at radius 2 is 1.88 bits per heavy atom. The first-order valence-electron chi connectivity index (χ1n) is 5.71. The van der Waals surface area contributed by atoms with Gasteiger partial charge in [-0.05, 0) is 29.5 Å². The van der Waals surface area contributed by atoms with Crippen molar-refractivity contribution < 1.29 is 4.52 Å². The van der Waals surface area contributed by atoms with E-state index >= 15 is 0 Å². The fourth-order valence-electron chi connectivity index (χ4n) is 1.78. The van der Waals surface area contributed by atoms with E-state index in [9.17, 15) is 0 Å². The predicted octanol–water partition coefficient (Wildman–Crippen LogP) is 3.53. The third-order valence-electron chi connectivity index (χ3n) is 2.91. The summed E-state index contributed by atoms with van der Waals surface area (Å²) in [7, 11) is 0. The predicted molar refractivity (Wildman–Crippen MR) is 69.8 cm³/mol. The summed E-state index contributed by atoms with van der Waals surface area (Å²) >= 11 is 0. The molecule has 0 saturated carbocycles. The van der Waals surface area contributed by atoms with Crippen molar-refractivity contribution in [1.29, 1.82) is 0 Å². The molecule has 90 valence electrons. The number of nitrogens with two attached hydrogens (primary N) is 1. The highest BCUT2D eigenvalue weighted by Crippen LogP contribution is 2.30. The molecular weight excluding hydrogens is 212 g/mol. The molecule has 1 aromatic heterocycles. The quantitative estimate of drug-likeness (QED) is 0.815. The zero-order chi connectivity index (χ0) is 12.6. The van der Waals surface area contributed by atoms with E-state index in [4.69, 9.17) is 10.3 Å². The minimum absolute atomic E-state index is 0.123. The minimum Gasteiger partial charge on any atom is -0.368 e. The van der Waals surface area contributed by atoms with Gasteiger partial charge in [0.15, 0.2) is 0 Å². The molecule has 0 amide bonds. The Morgan fingerprint density at radius 1 is 1.18 bits per heavy atom. The summed E-state index contributed by atoms with van der Waals surface area (Å²) in [6, 6.07) is 8.18. The zero-order valence-corrected chi connectivity index (χ0v) is 10.7. The number of hydrogen-bond donors (Lipinski definition) is 1. The van der Waals surface area contributed by atoms with Gasteiger partial charge < -0.3 is 10.3 Å². The first-order valence-corrected chi connectivity index (χ1v) is 5.71. The van der Waals surface area contributed by atoms with E-state index in [2.05, 4.69) is 51.1 Å². The summed E-state index contributed by atoms with van der Waals surface area (Å²) in [6.45, 7) is 8.64. The third-order valence-corrected chi connectivity index (χ3v) is 2.91. The average Bonchev–Trinajstić information content (AvgIpc) is 2.63. The average molecular weight is 230 g/mol. The van der Waals surface area contributed by atoms with Gasteiger partial charge in [0, 0.05) is 11.6 Å². The van der Waals surface area contributed by atoms with E-state index in [0.717, 1.165) is 11.3 Å². The number of hydrogen-bond acceptors (Lipinski definition) is 3. The van der Waals surface area contributed by atoms with Gasteiger partial charge in [-0.2, -0.15) is 0 Å². The molecule has 0 radical (unpaired) electrons. The Morgan fingerprint density at radius 3 is 2.41 bits per heavy atom. The van der Waals surface area contributed by atoms with Crippen LogP contribution in [0.2, 0.25) is 0 Å². The largest absolute Gasteiger partial charge is 0.368 e. The van der Waals surface area contributed by atoms with Gasteiger partial charge >= 0.3 is 0 Å². The minimum atomic E-state index is 0.123. The number of aromatic nitrogens is 1. The van der Waals surface area contributed by atoms with Crippen molar-refractivity contribution in [2.75, 3.05) is 5.73 Å². The van der Waals surface area contributed by atoms with Gasteiger partial charge in [-0.3, -0.25) is 0 Å². The van der Waals surface area contributed by atoms with Crippen molar-refractivity contribution in [1.82, 2.24) is 5.16 Å². The summed E-state index contributed by atoms with van der Waals surface area (Å²) in [4.78, 5) is 0. The molecule has 1 heterocycles. The van der Waals surface area contributed by atoms with Crippen molar-refractivity contribution in [2.24, 2.45) is 0 Å². The van der Waals surface area contributed by atoms with Crippen molar-refractivity contribution in [3.8, 4) is 11.3 Å². The highest BCUT2D eigenvalue weighted by molar-refractivity contribution is 5.66. The summed E-state index contributed by atoms with van der Waals surface area (Å²) in [5, 5.41) is 3.97. The molecule has 0 atom stereocenters. The maximum absolute atomic E-state index is 5.56. The molecule has 2 N–H and O–H groups in total. The van der Waals surface area contributed by atoms with Crippen LogP contribution in [0.1, 0.15) is 31.9 Å². The normalized spacial score (nSPS) is 11.8. The van der Waals surface area contributed by atoms with Crippen LogP contribution >= 0.6 is 0 Å². The first-order chi connectivity index (χ1) is 7.88. The van der Waals surface area contributed by atoms with Crippen molar-refractivity contribution in [3.63, 3.8) is 0 Å². The zero-order valence-electron chi connectivity index (χ0n) is 10.7. The highest BCUT2D eigenvalue weighted by Gasteiger charge is 2.16. The van der Waals surface area contributed by atoms with Crippen LogP contribution in [0.5, 0.6) is 0 Å². The lowest BCUT2D eigenvalue weighted by molar-refractivity contribution is 0.439. The van der Waals surface area contributed by atoms with E-state index in [1.165, 1.54) is 11.1 Å². The van der Waals surface area contributed by atoms with Gasteiger partial charge in [0.05, 0.1) is 0 Å². The first kappa shape index (κ1) is 11.7. The maximum atomic E-state index is 5.56. The molecule has 17 heavy (non-hydrogen) atoms. The lowest BCUT2D eigenvalue weighted by atomic mass is 9.85. The SMILES string of the molecule is Cc1ccc(C(C)(C)C)cc1-c1cc(N)on1. The number of aryl methyl sites for hydroxylation is 1. The molecule has 3 heteroatoms. The van der Waals surface area contributed by atoms with E-state index in [-0.39, 0.29) is 5.41 Å². The number of nitrogens with zero attached hydrogens (tertiary/aromatic N) is 1. The second-order valence-electron chi connectivity index (χ2n) is 5.39. The van der Waals surface area contributed by atoms with Crippen LogP contribution in [0, 0.1) is 6.92 Å². The summed E-state index contributed by atoms with van der Waals surface area (Å²) < 4.78 is 4.93. The summed E-state index contributed by atoms with van der Waals surface area (Å²) in [5.74, 6) is 0.348. The molecule has 2 rings (SSSR count). The second-order valence-corrected chi connectivity index (χ2v) is 5.39. The van der Waals surface area contributed by atoms with Crippen LogP contribution in [-0.2, 0) is 5.41 Å². The molecule has 0 bridgehead atoms. The maximum Gasteiger partial charge on any atom is 0.222 e. The molecule has 0 aliphatic rings. The monoisotopic (exact) mass is 230 g/mol. The topological polar surface area (TPSA) is 52.0 Å². The van der Waals surface area contributed by atoms with Gasteiger partial charge in [0.2, 0.25) is 5.88 Å². The van der Waals surface area contributed by atoms with Gasteiger partial charge in [0.1, 0.15) is 5.69 Å². The molecule has 0 aliphatic carbocycles. The molecular formula is C14H18N2O. The van der Waals surface area contributed by atoms with Crippen LogP contribution in [0.15, 0.2) is 28.8 Å². The van der Waals surface area contributed by atoms with Crippen LogP contribution in [0.25, 0.3) is 11.3 Å². The molecule has 0 unspecified atom stereocenters. The van der Waals surface area contributed by atoms with Crippen molar-refractivity contribution in [3.05, 3.63) is 35.4 Å². The fraction of sp³-hybridized carbons (Fsp3) is 0.357. The Bertz CT molecular complexity index is 535. The van der Waals surface area contributed by atoms with Crippen LogP contribution in [-0.4, -0.2) is 5.16 Å². The number of nitrogen functional groups attached to an aromatic ring is 1.